The highest BCUT2D eigenvalue weighted by atomic mass is 32.2. The van der Waals surface area contributed by atoms with Gasteiger partial charge in [-0.1, -0.05) is 121 Å². The Kier molecular flexibility index (Phi) is 16.2. The van der Waals surface area contributed by atoms with E-state index in [-0.39, 0.29) is 99.0 Å². The molecule has 12 rings (SSSR count). The first-order valence-electron chi connectivity index (χ1n) is 46.4. The van der Waals surface area contributed by atoms with Crippen LogP contribution in [0.15, 0.2) is 207 Å². The molecule has 0 saturated carbocycles. The maximum absolute atomic E-state index is 15.3. The summed E-state index contributed by atoms with van der Waals surface area (Å²) < 4.78 is 385. The number of alkyl halides is 6. The maximum atomic E-state index is 15.3. The zero-order valence-corrected chi connectivity index (χ0v) is 57.7. The van der Waals surface area contributed by atoms with Crippen molar-refractivity contribution in [2.75, 3.05) is 66.5 Å². The summed E-state index contributed by atoms with van der Waals surface area (Å²) in [5.41, 5.74) is -7.83. The smallest absolute Gasteiger partial charge is 0.383 e. The molecule has 0 aliphatic carbocycles. The van der Waals surface area contributed by atoms with Crippen molar-refractivity contribution in [3.8, 4) is 22.3 Å². The summed E-state index contributed by atoms with van der Waals surface area (Å²) in [6, 6.07) is 0.980. The Morgan fingerprint density at radius 3 is 1.78 bits per heavy atom. The molecule has 10 aromatic rings. The molecule has 556 valence electrons. The number of methoxy groups -OCH3 is 2. The average molecular weight is 1530 g/mol. The van der Waals surface area contributed by atoms with E-state index in [1.165, 1.54) is 47.1 Å². The topological polar surface area (TPSA) is 110 Å². The SMILES string of the molecule is [2H]C([2H])([2H])OC([2H])([2H])CN1CCC(N(C(=O)Cn2c(SCc3cccc(F)c3F)cc(=O)c3ccccc32)C([2H])(C)c2ccc(-c3ccc(C(F)(F)F)cc3)cc2)CC1.[2H]c1c([2H])c(F)c(F)c(CSc2c([2H])c(=O)c3c([2H])c(C)c([2H])c([2H])c3n2CC(=O)N(C2CCN(CC([2H])([2H])OC([2H])([2H])[2H])CC2)C([2H])([2H])c2c([2H])c([2H])c(-c3c([2H])c([2H])c(C(F)(F)F)c([2H])c3[2H])c([2H])c2[2H])c1[2H]. The minimum Gasteiger partial charge on any atom is -0.383 e. The van der Waals surface area contributed by atoms with Crippen molar-refractivity contribution in [1.82, 2.24) is 28.7 Å². The molecular formula is C82H80F10N6O6S2. The molecule has 2 saturated heterocycles. The Morgan fingerprint density at radius 2 is 1.15 bits per heavy atom. The van der Waals surface area contributed by atoms with Gasteiger partial charge in [0.05, 0.1) is 89.7 Å². The van der Waals surface area contributed by atoms with Gasteiger partial charge in [-0.2, -0.15) is 26.3 Å². The first-order chi connectivity index (χ1) is 61.9. The van der Waals surface area contributed by atoms with Gasteiger partial charge < -0.3 is 38.2 Å². The van der Waals surface area contributed by atoms with Crippen molar-refractivity contribution >= 4 is 57.1 Å². The Hall–Kier alpha value is -9.04. The van der Waals surface area contributed by atoms with Crippen molar-refractivity contribution in [2.45, 2.75) is 111 Å². The largest absolute Gasteiger partial charge is 0.416 e. The van der Waals surface area contributed by atoms with Crippen LogP contribution in [0.4, 0.5) is 43.9 Å². The molecule has 24 heteroatoms. The molecule has 2 aliphatic rings. The van der Waals surface area contributed by atoms with Crippen molar-refractivity contribution in [3.05, 3.63) is 270 Å². The van der Waals surface area contributed by atoms with Gasteiger partial charge in [0, 0.05) is 117 Å². The predicted molar refractivity (Wildman–Crippen MR) is 395 cm³/mol. The van der Waals surface area contributed by atoms with Crippen molar-refractivity contribution in [1.29, 1.82) is 0 Å². The molecule has 2 fully saturated rings. The van der Waals surface area contributed by atoms with Crippen LogP contribution in [-0.2, 0) is 62.5 Å². The number of halogens is 10. The highest BCUT2D eigenvalue weighted by molar-refractivity contribution is 7.98. The van der Waals surface area contributed by atoms with Crippen LogP contribution >= 0.6 is 23.5 Å². The van der Waals surface area contributed by atoms with Crippen LogP contribution in [0.1, 0.15) is 116 Å². The number of rotatable bonds is 24. The molecule has 2 aromatic heterocycles. The Balaban J connectivity index is 0.000000265. The van der Waals surface area contributed by atoms with Gasteiger partial charge >= 0.3 is 12.4 Å². The molecule has 0 radical (unpaired) electrons. The van der Waals surface area contributed by atoms with Crippen LogP contribution in [0.2, 0.25) is 0 Å². The van der Waals surface area contributed by atoms with Gasteiger partial charge in [0.25, 0.3) is 0 Å². The van der Waals surface area contributed by atoms with E-state index < -0.39 is 263 Å². The van der Waals surface area contributed by atoms with E-state index in [4.69, 9.17) is 34.3 Å². The summed E-state index contributed by atoms with van der Waals surface area (Å²) in [7, 11) is -6.16. The number of fused-ring (bicyclic) bond motifs is 2. The molecule has 1 atom stereocenters. The van der Waals surface area contributed by atoms with E-state index in [1.54, 1.807) is 64.9 Å². The standard InChI is InChI=1S/2C41H40F5N3O3S/c1-27(28-10-12-29(13-11-28)30-14-16-32(17-15-30)41(44,45)46)49(33-18-20-47(21-19-33)22-23-52-2)38(51)25-48-36-9-4-3-7-34(36)37(50)24-39(48)53-26-31-6-5-8-35(42)40(31)43;1-27-6-15-36-34(22-27)37(50)23-39(53-26-31-4-3-5-35(42)40(31)43)49(36)25-38(51)48(33-16-18-47(19-17-33)20-21-52-2)24-28-7-9-29(10-8-28)30-11-13-32(14-12-30)41(44,45)46/h3-17,24,27,33H,18-23,25-26H2,1-2H3;3-15,22-23,33H,16-21,24-26H2,1-2H3/i2D3,23D2,27D;2D3,3D,4D,5D,6D,7D,8D,9D,10D,11D,12D,13D,14D,15D,21D2,22D,23D,24D2. The summed E-state index contributed by atoms with van der Waals surface area (Å²) in [5.74, 6) is -8.64. The van der Waals surface area contributed by atoms with Crippen molar-refractivity contribution < 1.29 is 101 Å². The number of ether oxygens (including phenoxy) is 2. The highest BCUT2D eigenvalue weighted by Gasteiger charge is 2.35. The summed E-state index contributed by atoms with van der Waals surface area (Å²) in [4.78, 5) is 62.3. The van der Waals surface area contributed by atoms with E-state index in [2.05, 4.69) is 9.47 Å². The molecule has 4 heterocycles. The monoisotopic (exact) mass is 1530 g/mol. The highest BCUT2D eigenvalue weighted by Crippen LogP contribution is 2.37. The molecule has 0 N–H and O–H groups in total. The van der Waals surface area contributed by atoms with Gasteiger partial charge in [-0.05, 0) is 133 Å². The number of para-hydroxylation sites is 1. The lowest BCUT2D eigenvalue weighted by atomic mass is 9.96. The van der Waals surface area contributed by atoms with Gasteiger partial charge in [0.2, 0.25) is 11.8 Å². The molecule has 0 spiro atoms. The average Bonchev–Trinajstić information content (AvgIpc) is 0.731. The van der Waals surface area contributed by atoms with Crippen LogP contribution in [0.25, 0.3) is 44.1 Å². The second-order valence-electron chi connectivity index (χ2n) is 24.2. The van der Waals surface area contributed by atoms with Crippen LogP contribution in [0.3, 0.4) is 0 Å². The lowest BCUT2D eigenvalue weighted by Crippen LogP contribution is -2.49. The summed E-state index contributed by atoms with van der Waals surface area (Å²) >= 11 is 1.30. The second kappa shape index (κ2) is 35.1. The van der Waals surface area contributed by atoms with Gasteiger partial charge in [-0.15, -0.1) is 23.5 Å². The van der Waals surface area contributed by atoms with E-state index in [9.17, 15) is 58.0 Å². The number of nitrogens with zero attached hydrogens (tertiary/aromatic N) is 6. The molecule has 8 aromatic carbocycles. The third-order valence-corrected chi connectivity index (χ3v) is 19.5. The lowest BCUT2D eigenvalue weighted by Gasteiger charge is -2.42. The minimum absolute atomic E-state index is 0.0500. The number of amides is 2. The summed E-state index contributed by atoms with van der Waals surface area (Å²) in [6.07, 6.45) is -10.1. The van der Waals surface area contributed by atoms with Crippen LogP contribution in [0.5, 0.6) is 0 Å². The molecule has 12 nitrogen and oxygen atoms in total. The summed E-state index contributed by atoms with van der Waals surface area (Å²) in [6.45, 7) is -9.02. The molecule has 1 unspecified atom stereocenters. The fourth-order valence-electron chi connectivity index (χ4n) is 11.9. The van der Waals surface area contributed by atoms with Crippen molar-refractivity contribution in [2.24, 2.45) is 0 Å². The van der Waals surface area contributed by atoms with Crippen LogP contribution < -0.4 is 10.9 Å². The summed E-state index contributed by atoms with van der Waals surface area (Å²) in [5, 5.41) is -0.813. The number of hydrogen-bond donors (Lipinski definition) is 0. The normalized spacial score (nSPS) is 19.2. The molecule has 106 heavy (non-hydrogen) atoms. The first-order valence-corrected chi connectivity index (χ1v) is 34.4. The number of thioether (sulfide) groups is 2. The fourth-order valence-corrected chi connectivity index (χ4v) is 13.9. The quantitative estimate of drug-likeness (QED) is 0.0428. The number of piperidine rings is 2. The zero-order chi connectivity index (χ0) is 99.8. The minimum atomic E-state index is -5.43. The van der Waals surface area contributed by atoms with Crippen LogP contribution in [0, 0.1) is 30.2 Å². The van der Waals surface area contributed by atoms with Gasteiger partial charge in [0.15, 0.2) is 34.1 Å². The molecule has 2 amide bonds. The third kappa shape index (κ3) is 19.2. The van der Waals surface area contributed by atoms with E-state index in [1.807, 2.05) is 0 Å². The number of aromatic nitrogens is 2. The number of hydrogen-bond acceptors (Lipinski definition) is 10. The van der Waals surface area contributed by atoms with Crippen molar-refractivity contribution in [3.63, 3.8) is 0 Å². The van der Waals surface area contributed by atoms with Gasteiger partial charge in [-0.3, -0.25) is 19.2 Å². The first kappa shape index (κ1) is 49.0. The molecular weight excluding hydrogens is 1420 g/mol. The fraction of sp³-hybridized carbons (Fsp3) is 0.317. The number of likely N-dealkylation sites (tertiary alicyclic amines) is 2. The third-order valence-electron chi connectivity index (χ3n) is 17.4. The van der Waals surface area contributed by atoms with E-state index >= 15 is 9.18 Å². The van der Waals surface area contributed by atoms with E-state index in [0.29, 0.717) is 42.1 Å². The lowest BCUT2D eigenvalue weighted by molar-refractivity contribution is -0.138. The van der Waals surface area contributed by atoms with Gasteiger partial charge in [0.1, 0.15) is 13.1 Å². The second-order valence-corrected chi connectivity index (χ2v) is 26.1. The number of carbonyl (C=O) groups is 2. The van der Waals surface area contributed by atoms with Crippen LogP contribution in [-0.4, -0.2) is 119 Å². The number of pyridine rings is 2. The Labute approximate surface area is 655 Å². The van der Waals surface area contributed by atoms with E-state index in [0.717, 1.165) is 30.0 Å². The maximum Gasteiger partial charge on any atom is 0.416 e. The molecule has 0 bridgehead atoms. The Bertz CT molecular complexity index is 6280. The number of benzene rings is 8. The number of carbonyl (C=O) groups excluding carboxylic acids is 2. The predicted octanol–water partition coefficient (Wildman–Crippen LogP) is 17.7. The van der Waals surface area contributed by atoms with Gasteiger partial charge in [-0.25, -0.2) is 17.6 Å². The Morgan fingerprint density at radius 1 is 0.585 bits per heavy atom. The zero-order valence-electron chi connectivity index (χ0n) is 84.0. The molecule has 2 aliphatic heterocycles.